The van der Waals surface area contributed by atoms with E-state index in [0.717, 1.165) is 16.3 Å². The van der Waals surface area contributed by atoms with Crippen LogP contribution in [0.1, 0.15) is 23.6 Å². The van der Waals surface area contributed by atoms with E-state index in [-0.39, 0.29) is 18.1 Å². The highest BCUT2D eigenvalue weighted by Crippen LogP contribution is 2.37. The molecule has 0 atom stereocenters. The number of carbonyl (C=O) groups excluding carboxylic acids is 1. The summed E-state index contributed by atoms with van der Waals surface area (Å²) < 4.78 is 24.9. The number of hydrogen-bond donors (Lipinski definition) is 1. The predicted molar refractivity (Wildman–Crippen MR) is 137 cm³/mol. The van der Waals surface area contributed by atoms with Crippen molar-refractivity contribution in [2.24, 2.45) is 5.10 Å². The van der Waals surface area contributed by atoms with Crippen molar-refractivity contribution in [1.29, 1.82) is 0 Å². The number of fused-ring (bicyclic) bond motifs is 1. The Hall–Kier alpha value is -3.90. The van der Waals surface area contributed by atoms with Crippen molar-refractivity contribution in [3.63, 3.8) is 0 Å². The van der Waals surface area contributed by atoms with Gasteiger partial charge in [-0.1, -0.05) is 66.2 Å². The lowest BCUT2D eigenvalue weighted by Crippen LogP contribution is -2.19. The van der Waals surface area contributed by atoms with Crippen LogP contribution in [0.3, 0.4) is 0 Å². The number of carbonyl (C=O) groups is 1. The molecule has 4 rings (SSSR count). The van der Waals surface area contributed by atoms with Crippen LogP contribution in [-0.2, 0) is 17.8 Å². The van der Waals surface area contributed by atoms with E-state index in [1.54, 1.807) is 24.3 Å². The minimum absolute atomic E-state index is 0.0868. The zero-order valence-electron chi connectivity index (χ0n) is 19.1. The summed E-state index contributed by atoms with van der Waals surface area (Å²) in [6.45, 7) is 2.63. The maximum absolute atomic E-state index is 13.0. The number of hydrazone groups is 1. The minimum atomic E-state index is -0.348. The van der Waals surface area contributed by atoms with Crippen molar-refractivity contribution in [2.45, 2.75) is 20.0 Å². The number of amides is 1. The summed E-state index contributed by atoms with van der Waals surface area (Å²) in [5.74, 6) is 0.260. The largest absolute Gasteiger partial charge is 0.490 e. The van der Waals surface area contributed by atoms with Gasteiger partial charge in [-0.3, -0.25) is 4.79 Å². The molecule has 0 aliphatic carbocycles. The summed E-state index contributed by atoms with van der Waals surface area (Å²) in [5, 5.41) is 6.62. The van der Waals surface area contributed by atoms with E-state index in [1.165, 1.54) is 18.3 Å². The molecule has 178 valence electrons. The van der Waals surface area contributed by atoms with E-state index < -0.39 is 0 Å². The van der Waals surface area contributed by atoms with Crippen LogP contribution in [0.25, 0.3) is 10.8 Å². The molecule has 0 saturated heterocycles. The van der Waals surface area contributed by atoms with Gasteiger partial charge in [-0.2, -0.15) is 5.10 Å². The second kappa shape index (κ2) is 11.5. The molecule has 0 spiro atoms. The number of benzene rings is 4. The predicted octanol–water partition coefficient (Wildman–Crippen LogP) is 6.30. The molecule has 1 amide bonds. The molecular weight excluding hydrogens is 467 g/mol. The minimum Gasteiger partial charge on any atom is -0.490 e. The van der Waals surface area contributed by atoms with Gasteiger partial charge in [-0.05, 0) is 58.7 Å². The Morgan fingerprint density at radius 3 is 2.60 bits per heavy atom. The standard InChI is InChI=1S/C28H24ClFN2O3/c1-2-34-26-15-20(17-31-32-27(33)16-19-10-12-23(30)13-11-19)14-25(29)28(26)35-18-22-8-5-7-21-6-3-4-9-24(21)22/h3-15,17H,2,16,18H2,1H3,(H,32,33)/b31-17+. The van der Waals surface area contributed by atoms with Gasteiger partial charge < -0.3 is 9.47 Å². The van der Waals surface area contributed by atoms with E-state index in [9.17, 15) is 9.18 Å². The molecule has 0 unspecified atom stereocenters. The van der Waals surface area contributed by atoms with Gasteiger partial charge in [0.1, 0.15) is 12.4 Å². The van der Waals surface area contributed by atoms with Crippen LogP contribution in [0.5, 0.6) is 11.5 Å². The second-order valence-corrected chi connectivity index (χ2v) is 8.19. The summed E-state index contributed by atoms with van der Waals surface area (Å²) in [4.78, 5) is 12.1. The Morgan fingerprint density at radius 1 is 1.03 bits per heavy atom. The molecule has 4 aromatic rings. The fourth-order valence-electron chi connectivity index (χ4n) is 3.64. The number of rotatable bonds is 9. The summed E-state index contributed by atoms with van der Waals surface area (Å²) in [5.41, 5.74) is 4.83. The number of nitrogens with one attached hydrogen (secondary N) is 1. The number of hydrogen-bond acceptors (Lipinski definition) is 4. The topological polar surface area (TPSA) is 59.9 Å². The van der Waals surface area contributed by atoms with Crippen LogP contribution in [0, 0.1) is 5.82 Å². The molecule has 0 heterocycles. The van der Waals surface area contributed by atoms with Gasteiger partial charge in [0.25, 0.3) is 0 Å². The van der Waals surface area contributed by atoms with Crippen LogP contribution in [0.2, 0.25) is 5.02 Å². The molecule has 7 heteroatoms. The number of halogens is 2. The molecule has 35 heavy (non-hydrogen) atoms. The lowest BCUT2D eigenvalue weighted by atomic mass is 10.1. The van der Waals surface area contributed by atoms with Gasteiger partial charge in [-0.15, -0.1) is 0 Å². The highest BCUT2D eigenvalue weighted by molar-refractivity contribution is 6.32. The van der Waals surface area contributed by atoms with Gasteiger partial charge in [0.2, 0.25) is 5.91 Å². The van der Waals surface area contributed by atoms with Crippen molar-refractivity contribution < 1.29 is 18.7 Å². The van der Waals surface area contributed by atoms with Gasteiger partial charge in [0.15, 0.2) is 11.5 Å². The average molecular weight is 491 g/mol. The Balaban J connectivity index is 1.45. The Bertz CT molecular complexity index is 1350. The second-order valence-electron chi connectivity index (χ2n) is 7.79. The molecular formula is C28H24ClFN2O3. The van der Waals surface area contributed by atoms with Gasteiger partial charge in [-0.25, -0.2) is 9.82 Å². The van der Waals surface area contributed by atoms with Crippen LogP contribution >= 0.6 is 11.6 Å². The molecule has 0 aromatic heterocycles. The molecule has 0 aliphatic heterocycles. The van der Waals surface area contributed by atoms with Crippen molar-refractivity contribution in [1.82, 2.24) is 5.43 Å². The summed E-state index contributed by atoms with van der Waals surface area (Å²) in [7, 11) is 0. The third-order valence-electron chi connectivity index (χ3n) is 5.26. The quantitative estimate of drug-likeness (QED) is 0.221. The average Bonchev–Trinajstić information content (AvgIpc) is 2.85. The first-order valence-electron chi connectivity index (χ1n) is 11.2. The molecule has 0 aliphatic rings. The van der Waals surface area contributed by atoms with Crippen LogP contribution in [0.15, 0.2) is 84.0 Å². The maximum atomic E-state index is 13.0. The Labute approximate surface area is 208 Å². The maximum Gasteiger partial charge on any atom is 0.244 e. The molecule has 1 N–H and O–H groups in total. The van der Waals surface area contributed by atoms with Gasteiger partial charge in [0, 0.05) is 0 Å². The van der Waals surface area contributed by atoms with E-state index in [4.69, 9.17) is 21.1 Å². The molecule has 0 bridgehead atoms. The van der Waals surface area contributed by atoms with Gasteiger partial charge in [0.05, 0.1) is 24.3 Å². The Morgan fingerprint density at radius 2 is 1.80 bits per heavy atom. The summed E-state index contributed by atoms with van der Waals surface area (Å²) in [6, 6.07) is 23.4. The van der Waals surface area contributed by atoms with E-state index in [1.807, 2.05) is 31.2 Å². The molecule has 0 radical (unpaired) electrons. The first kappa shape index (κ1) is 24.2. The Kier molecular flexibility index (Phi) is 7.95. The lowest BCUT2D eigenvalue weighted by Gasteiger charge is -2.15. The lowest BCUT2D eigenvalue weighted by molar-refractivity contribution is -0.120. The van der Waals surface area contributed by atoms with Crippen molar-refractivity contribution in [3.8, 4) is 11.5 Å². The molecule has 4 aromatic carbocycles. The molecule has 5 nitrogen and oxygen atoms in total. The van der Waals surface area contributed by atoms with Gasteiger partial charge >= 0.3 is 0 Å². The smallest absolute Gasteiger partial charge is 0.244 e. The van der Waals surface area contributed by atoms with Crippen molar-refractivity contribution in [2.75, 3.05) is 6.61 Å². The van der Waals surface area contributed by atoms with Crippen molar-refractivity contribution in [3.05, 3.63) is 106 Å². The third kappa shape index (κ3) is 6.37. The first-order valence-corrected chi connectivity index (χ1v) is 11.5. The zero-order chi connectivity index (χ0) is 24.6. The first-order chi connectivity index (χ1) is 17.0. The fourth-order valence-corrected chi connectivity index (χ4v) is 3.91. The monoisotopic (exact) mass is 490 g/mol. The third-order valence-corrected chi connectivity index (χ3v) is 5.55. The molecule has 0 saturated carbocycles. The highest BCUT2D eigenvalue weighted by atomic mass is 35.5. The van der Waals surface area contributed by atoms with Crippen LogP contribution in [0.4, 0.5) is 4.39 Å². The van der Waals surface area contributed by atoms with Crippen molar-refractivity contribution >= 4 is 34.5 Å². The van der Waals surface area contributed by atoms with E-state index in [2.05, 4.69) is 28.7 Å². The normalized spacial score (nSPS) is 11.1. The number of ether oxygens (including phenoxy) is 2. The van der Waals surface area contributed by atoms with E-state index in [0.29, 0.717) is 40.9 Å². The molecule has 0 fully saturated rings. The van der Waals surface area contributed by atoms with E-state index >= 15 is 0 Å². The SMILES string of the molecule is CCOc1cc(/C=N/NC(=O)Cc2ccc(F)cc2)cc(Cl)c1OCc1cccc2ccccc12. The highest BCUT2D eigenvalue weighted by Gasteiger charge is 2.13. The number of nitrogens with zero attached hydrogens (tertiary/aromatic N) is 1. The van der Waals surface area contributed by atoms with Crippen LogP contribution in [-0.4, -0.2) is 18.7 Å². The summed E-state index contributed by atoms with van der Waals surface area (Å²) in [6.07, 6.45) is 1.56. The fraction of sp³-hybridized carbons (Fsp3) is 0.143. The summed E-state index contributed by atoms with van der Waals surface area (Å²) >= 11 is 6.53. The zero-order valence-corrected chi connectivity index (χ0v) is 19.9. The van der Waals surface area contributed by atoms with Crippen LogP contribution < -0.4 is 14.9 Å².